The van der Waals surface area contributed by atoms with Crippen LogP contribution < -0.4 is 5.32 Å². The molecule has 3 rings (SSSR count). The minimum Gasteiger partial charge on any atom is -0.462 e. The van der Waals surface area contributed by atoms with E-state index in [9.17, 15) is 13.6 Å². The van der Waals surface area contributed by atoms with Crippen LogP contribution in [0.25, 0.3) is 0 Å². The molecule has 0 saturated heterocycles. The van der Waals surface area contributed by atoms with Gasteiger partial charge in [0.25, 0.3) is 5.92 Å². The number of benzene rings is 1. The highest BCUT2D eigenvalue weighted by Gasteiger charge is 2.43. The van der Waals surface area contributed by atoms with Gasteiger partial charge in [-0.2, -0.15) is 5.10 Å². The summed E-state index contributed by atoms with van der Waals surface area (Å²) in [6, 6.07) is 6.39. The maximum Gasteiger partial charge on any atom is 0.343 e. The van der Waals surface area contributed by atoms with Crippen molar-refractivity contribution >= 4 is 11.8 Å². The minimum atomic E-state index is -2.98. The number of aromatic nitrogens is 2. The fraction of sp³-hybridized carbons (Fsp3) is 0.474. The van der Waals surface area contributed by atoms with E-state index in [-0.39, 0.29) is 30.5 Å². The molecule has 1 aliphatic heterocycles. The van der Waals surface area contributed by atoms with Gasteiger partial charge in [0.15, 0.2) is 0 Å². The Bertz CT molecular complexity index is 781. The number of anilines is 1. The quantitative estimate of drug-likeness (QED) is 0.801. The van der Waals surface area contributed by atoms with Gasteiger partial charge in [-0.25, -0.2) is 18.3 Å². The van der Waals surface area contributed by atoms with Crippen LogP contribution in [0.5, 0.6) is 0 Å². The lowest BCUT2D eigenvalue weighted by Crippen LogP contribution is -2.36. The minimum absolute atomic E-state index is 0.173. The average Bonchev–Trinajstić information content (AvgIpc) is 3.04. The van der Waals surface area contributed by atoms with Crippen LogP contribution in [0.2, 0.25) is 0 Å². The van der Waals surface area contributed by atoms with Crippen LogP contribution in [0.1, 0.15) is 60.8 Å². The summed E-state index contributed by atoms with van der Waals surface area (Å²) in [4.78, 5) is 12.2. The van der Waals surface area contributed by atoms with Crippen LogP contribution in [0, 0.1) is 0 Å². The Labute approximate surface area is 151 Å². The summed E-state index contributed by atoms with van der Waals surface area (Å²) in [5, 5.41) is 7.24. The standard InChI is InChI=1S/C19H23F2N3O2/c1-4-12-6-8-13(9-7-12)15-10-16(19(3,20)21)24-17(23-15)14(11-22-24)18(25)26-5-2/h6-9,11,15-16,23H,4-5,10H2,1-3H3/t15-,16+/m1/s1. The van der Waals surface area contributed by atoms with Gasteiger partial charge in [0, 0.05) is 13.3 Å². The Balaban J connectivity index is 1.99. The molecule has 26 heavy (non-hydrogen) atoms. The number of carbonyl (C=O) groups excluding carboxylic acids is 1. The number of ether oxygens (including phenoxy) is 1. The van der Waals surface area contributed by atoms with Crippen LogP contribution in [0.15, 0.2) is 30.5 Å². The molecule has 0 unspecified atom stereocenters. The van der Waals surface area contributed by atoms with E-state index >= 15 is 0 Å². The third-order valence-electron chi connectivity index (χ3n) is 4.73. The van der Waals surface area contributed by atoms with Crippen molar-refractivity contribution in [2.24, 2.45) is 0 Å². The highest BCUT2D eigenvalue weighted by Crippen LogP contribution is 2.43. The first-order valence-electron chi connectivity index (χ1n) is 8.83. The Kier molecular flexibility index (Phi) is 4.98. The molecule has 7 heteroatoms. The van der Waals surface area contributed by atoms with Crippen molar-refractivity contribution in [3.05, 3.63) is 47.2 Å². The molecule has 1 aromatic carbocycles. The molecular weight excluding hydrogens is 340 g/mol. The molecule has 0 aliphatic carbocycles. The van der Waals surface area contributed by atoms with Crippen molar-refractivity contribution < 1.29 is 18.3 Å². The van der Waals surface area contributed by atoms with Gasteiger partial charge >= 0.3 is 5.97 Å². The molecule has 0 spiro atoms. The van der Waals surface area contributed by atoms with E-state index in [1.807, 2.05) is 24.3 Å². The maximum atomic E-state index is 14.2. The predicted molar refractivity (Wildman–Crippen MR) is 94.6 cm³/mol. The molecule has 0 radical (unpaired) electrons. The third-order valence-corrected chi connectivity index (χ3v) is 4.73. The van der Waals surface area contributed by atoms with Crippen molar-refractivity contribution in [3.8, 4) is 0 Å². The average molecular weight is 363 g/mol. The van der Waals surface area contributed by atoms with Gasteiger partial charge in [0.1, 0.15) is 17.4 Å². The fourth-order valence-electron chi connectivity index (χ4n) is 3.27. The van der Waals surface area contributed by atoms with E-state index in [1.54, 1.807) is 6.92 Å². The molecule has 0 amide bonds. The number of hydrogen-bond acceptors (Lipinski definition) is 4. The van der Waals surface area contributed by atoms with Crippen LogP contribution >= 0.6 is 0 Å². The number of hydrogen-bond donors (Lipinski definition) is 1. The molecule has 1 aromatic heterocycles. The molecule has 1 N–H and O–H groups in total. The van der Waals surface area contributed by atoms with E-state index in [4.69, 9.17) is 4.74 Å². The summed E-state index contributed by atoms with van der Waals surface area (Å²) in [6.07, 6.45) is 2.38. The van der Waals surface area contributed by atoms with Gasteiger partial charge in [-0.1, -0.05) is 31.2 Å². The highest BCUT2D eigenvalue weighted by atomic mass is 19.3. The summed E-state index contributed by atoms with van der Waals surface area (Å²) >= 11 is 0. The molecule has 5 nitrogen and oxygen atoms in total. The van der Waals surface area contributed by atoms with Gasteiger partial charge in [-0.3, -0.25) is 0 Å². The van der Waals surface area contributed by atoms with E-state index in [1.165, 1.54) is 16.4 Å². The lowest BCUT2D eigenvalue weighted by atomic mass is 9.93. The number of fused-ring (bicyclic) bond motifs is 1. The molecule has 140 valence electrons. The van der Waals surface area contributed by atoms with Crippen molar-refractivity contribution in [3.63, 3.8) is 0 Å². The number of alkyl halides is 2. The first-order chi connectivity index (χ1) is 12.3. The second-order valence-corrected chi connectivity index (χ2v) is 6.57. The zero-order chi connectivity index (χ0) is 18.9. The Hall–Kier alpha value is -2.44. The molecule has 2 heterocycles. The lowest BCUT2D eigenvalue weighted by Gasteiger charge is -2.35. The van der Waals surface area contributed by atoms with Gasteiger partial charge < -0.3 is 10.1 Å². The van der Waals surface area contributed by atoms with E-state index in [0.717, 1.165) is 18.9 Å². The van der Waals surface area contributed by atoms with E-state index in [2.05, 4.69) is 17.3 Å². The van der Waals surface area contributed by atoms with Crippen molar-refractivity contribution in [1.29, 1.82) is 0 Å². The van der Waals surface area contributed by atoms with E-state index in [0.29, 0.717) is 0 Å². The van der Waals surface area contributed by atoms with Gasteiger partial charge in [-0.05, 0) is 24.5 Å². The van der Waals surface area contributed by atoms with Crippen LogP contribution in [-0.2, 0) is 11.2 Å². The summed E-state index contributed by atoms with van der Waals surface area (Å²) in [5.41, 5.74) is 2.26. The first-order valence-corrected chi connectivity index (χ1v) is 8.83. The maximum absolute atomic E-state index is 14.2. The second kappa shape index (κ2) is 7.05. The zero-order valence-corrected chi connectivity index (χ0v) is 15.1. The van der Waals surface area contributed by atoms with Crippen LogP contribution in [0.3, 0.4) is 0 Å². The molecule has 0 fully saturated rings. The normalized spacial score (nSPS) is 19.6. The number of esters is 1. The van der Waals surface area contributed by atoms with Gasteiger partial charge in [-0.15, -0.1) is 0 Å². The van der Waals surface area contributed by atoms with Gasteiger partial charge in [0.2, 0.25) is 0 Å². The number of aryl methyl sites for hydroxylation is 1. The van der Waals surface area contributed by atoms with Crippen molar-refractivity contribution in [1.82, 2.24) is 9.78 Å². The Morgan fingerprint density at radius 1 is 1.35 bits per heavy atom. The Morgan fingerprint density at radius 2 is 2.04 bits per heavy atom. The number of halogens is 2. The molecular formula is C19H23F2N3O2. The molecule has 1 aliphatic rings. The monoisotopic (exact) mass is 363 g/mol. The smallest absolute Gasteiger partial charge is 0.343 e. The van der Waals surface area contributed by atoms with Crippen molar-refractivity contribution in [2.75, 3.05) is 11.9 Å². The summed E-state index contributed by atoms with van der Waals surface area (Å²) in [5.74, 6) is -3.26. The predicted octanol–water partition coefficient (Wildman–Crippen LogP) is 4.38. The SMILES string of the molecule is CCOC(=O)c1cnn2c1N[C@@H](c1ccc(CC)cc1)C[C@H]2C(C)(F)F. The first kappa shape index (κ1) is 18.4. The number of nitrogens with zero attached hydrogens (tertiary/aromatic N) is 2. The molecule has 0 bridgehead atoms. The summed E-state index contributed by atoms with van der Waals surface area (Å²) in [7, 11) is 0. The summed E-state index contributed by atoms with van der Waals surface area (Å²) in [6.45, 7) is 4.85. The third kappa shape index (κ3) is 3.43. The summed E-state index contributed by atoms with van der Waals surface area (Å²) < 4.78 is 34.7. The Morgan fingerprint density at radius 3 is 2.62 bits per heavy atom. The molecule has 0 saturated carbocycles. The zero-order valence-electron chi connectivity index (χ0n) is 15.1. The topological polar surface area (TPSA) is 56.1 Å². The number of rotatable bonds is 5. The van der Waals surface area contributed by atoms with Crippen molar-refractivity contribution in [2.45, 2.75) is 51.6 Å². The number of carbonyl (C=O) groups is 1. The largest absolute Gasteiger partial charge is 0.462 e. The van der Waals surface area contributed by atoms with Crippen LogP contribution in [0.4, 0.5) is 14.6 Å². The molecule has 2 aromatic rings. The van der Waals surface area contributed by atoms with Gasteiger partial charge in [0.05, 0.1) is 18.8 Å². The molecule has 2 atom stereocenters. The van der Waals surface area contributed by atoms with Crippen LogP contribution in [-0.4, -0.2) is 28.3 Å². The second-order valence-electron chi connectivity index (χ2n) is 6.57. The van der Waals surface area contributed by atoms with E-state index < -0.39 is 17.9 Å². The highest BCUT2D eigenvalue weighted by molar-refractivity contribution is 5.94. The number of nitrogens with one attached hydrogen (secondary N) is 1. The fourth-order valence-corrected chi connectivity index (χ4v) is 3.27. The lowest BCUT2D eigenvalue weighted by molar-refractivity contribution is -0.0438.